The molecule has 0 saturated heterocycles. The van der Waals surface area contributed by atoms with Crippen LogP contribution in [0.2, 0.25) is 0 Å². The fourth-order valence-corrected chi connectivity index (χ4v) is 4.20. The van der Waals surface area contributed by atoms with Crippen LogP contribution in [0.25, 0.3) is 5.52 Å². The van der Waals surface area contributed by atoms with Crippen molar-refractivity contribution in [2.45, 2.75) is 43.4 Å². The van der Waals surface area contributed by atoms with Crippen LogP contribution in [0.4, 0.5) is 0 Å². The van der Waals surface area contributed by atoms with Crippen LogP contribution in [0.1, 0.15) is 43.4 Å². The maximum absolute atomic E-state index is 12.0. The normalized spacial score (nSPS) is 17.3. The lowest BCUT2D eigenvalue weighted by atomic mass is 9.85. The average molecular weight is 365 g/mol. The van der Waals surface area contributed by atoms with Crippen molar-refractivity contribution in [2.75, 3.05) is 20.0 Å². The lowest BCUT2D eigenvalue weighted by molar-refractivity contribution is -0.143. The summed E-state index contributed by atoms with van der Waals surface area (Å²) in [6, 6.07) is 3.57. The quantitative estimate of drug-likeness (QED) is 0.762. The first kappa shape index (κ1) is 17.8. The largest absolute Gasteiger partial charge is 0.495 e. The number of esters is 1. The number of carbonyl (C=O) groups excluding carboxylic acids is 1. The molecule has 1 unspecified atom stereocenters. The predicted octanol–water partition coefficient (Wildman–Crippen LogP) is 2.72. The summed E-state index contributed by atoms with van der Waals surface area (Å²) in [7, 11) is -1.81. The number of carbonyl (C=O) groups is 1. The van der Waals surface area contributed by atoms with Crippen LogP contribution < -0.4 is 4.74 Å². The Kier molecular flexibility index (Phi) is 4.77. The van der Waals surface area contributed by atoms with E-state index >= 15 is 0 Å². The van der Waals surface area contributed by atoms with Gasteiger partial charge in [0, 0.05) is 24.2 Å². The standard InChI is InChI=1S/C18H23NO5S/c1-4-24-18(20)8-12-6-5-7-15-14(12)10-16-17(23-2)9-13(11-19(15)16)25(3,21)22/h9-12H,4-8H2,1-3H3. The first-order chi connectivity index (χ1) is 11.8. The molecule has 2 aromatic rings. The number of aryl methyl sites for hydroxylation is 1. The van der Waals surface area contributed by atoms with E-state index < -0.39 is 9.84 Å². The predicted molar refractivity (Wildman–Crippen MR) is 94.0 cm³/mol. The Morgan fingerprint density at radius 3 is 2.76 bits per heavy atom. The summed E-state index contributed by atoms with van der Waals surface area (Å²) in [5, 5.41) is 0. The molecule has 7 heteroatoms. The Morgan fingerprint density at radius 2 is 2.12 bits per heavy atom. The molecule has 0 amide bonds. The number of nitrogens with zero attached hydrogens (tertiary/aromatic N) is 1. The second-order valence-corrected chi connectivity index (χ2v) is 8.43. The summed E-state index contributed by atoms with van der Waals surface area (Å²) >= 11 is 0. The van der Waals surface area contributed by atoms with E-state index in [2.05, 4.69) is 0 Å². The van der Waals surface area contributed by atoms with E-state index in [1.54, 1.807) is 19.2 Å². The number of hydrogen-bond donors (Lipinski definition) is 0. The van der Waals surface area contributed by atoms with Gasteiger partial charge in [-0.05, 0) is 43.7 Å². The molecule has 0 aromatic carbocycles. The minimum absolute atomic E-state index is 0.0917. The van der Waals surface area contributed by atoms with E-state index in [1.807, 2.05) is 10.5 Å². The zero-order chi connectivity index (χ0) is 18.2. The highest BCUT2D eigenvalue weighted by atomic mass is 32.2. The summed E-state index contributed by atoms with van der Waals surface area (Å²) < 4.78 is 36.4. The van der Waals surface area contributed by atoms with Crippen molar-refractivity contribution in [3.05, 3.63) is 29.6 Å². The number of fused-ring (bicyclic) bond motifs is 3. The third-order valence-electron chi connectivity index (χ3n) is 4.73. The van der Waals surface area contributed by atoms with Gasteiger partial charge in [-0.25, -0.2) is 8.42 Å². The third-order valence-corrected chi connectivity index (χ3v) is 5.81. The number of hydrogen-bond acceptors (Lipinski definition) is 5. The first-order valence-electron chi connectivity index (χ1n) is 8.42. The van der Waals surface area contributed by atoms with Crippen molar-refractivity contribution < 1.29 is 22.7 Å². The van der Waals surface area contributed by atoms with Gasteiger partial charge in [-0.2, -0.15) is 0 Å². The van der Waals surface area contributed by atoms with E-state index in [4.69, 9.17) is 9.47 Å². The van der Waals surface area contributed by atoms with Crippen LogP contribution in [0.3, 0.4) is 0 Å². The molecule has 0 N–H and O–H groups in total. The van der Waals surface area contributed by atoms with Gasteiger partial charge in [-0.1, -0.05) is 0 Å². The average Bonchev–Trinajstić information content (AvgIpc) is 2.93. The number of ether oxygens (including phenoxy) is 2. The Balaban J connectivity index is 2.12. The monoisotopic (exact) mass is 365 g/mol. The molecule has 1 aliphatic rings. The number of methoxy groups -OCH3 is 1. The van der Waals surface area contributed by atoms with E-state index in [0.717, 1.165) is 36.0 Å². The molecule has 0 radical (unpaired) electrons. The van der Waals surface area contributed by atoms with Crippen LogP contribution in [-0.4, -0.2) is 38.8 Å². The molecular formula is C18H23NO5S. The maximum Gasteiger partial charge on any atom is 0.306 e. The summed E-state index contributed by atoms with van der Waals surface area (Å²) in [6.07, 6.45) is 5.91. The van der Waals surface area contributed by atoms with Gasteiger partial charge < -0.3 is 13.9 Å². The van der Waals surface area contributed by atoms with E-state index in [9.17, 15) is 13.2 Å². The number of pyridine rings is 1. The first-order valence-corrected chi connectivity index (χ1v) is 10.3. The summed E-state index contributed by atoms with van der Waals surface area (Å²) in [5.41, 5.74) is 2.97. The fraction of sp³-hybridized carbons (Fsp3) is 0.500. The van der Waals surface area contributed by atoms with E-state index in [1.165, 1.54) is 13.4 Å². The van der Waals surface area contributed by atoms with Crippen molar-refractivity contribution in [1.82, 2.24) is 4.40 Å². The zero-order valence-corrected chi connectivity index (χ0v) is 15.6. The van der Waals surface area contributed by atoms with Gasteiger partial charge in [-0.3, -0.25) is 4.79 Å². The SMILES string of the molecule is CCOC(=O)CC1CCCc2c1cc1c(OC)cc(S(C)(=O)=O)cn21. The molecule has 25 heavy (non-hydrogen) atoms. The minimum Gasteiger partial charge on any atom is -0.495 e. The van der Waals surface area contributed by atoms with Crippen LogP contribution in [0.15, 0.2) is 23.2 Å². The lowest BCUT2D eigenvalue weighted by Gasteiger charge is -2.22. The molecule has 3 rings (SSSR count). The highest BCUT2D eigenvalue weighted by molar-refractivity contribution is 7.90. The van der Waals surface area contributed by atoms with Gasteiger partial charge in [0.15, 0.2) is 9.84 Å². The van der Waals surface area contributed by atoms with Crippen LogP contribution in [0, 0.1) is 0 Å². The molecule has 0 aliphatic heterocycles. The van der Waals surface area contributed by atoms with Crippen LogP contribution in [-0.2, 0) is 25.8 Å². The summed E-state index contributed by atoms with van der Waals surface area (Å²) in [5.74, 6) is 0.417. The smallest absolute Gasteiger partial charge is 0.306 e. The summed E-state index contributed by atoms with van der Waals surface area (Å²) in [6.45, 7) is 2.18. The minimum atomic E-state index is -3.35. The number of sulfone groups is 1. The van der Waals surface area contributed by atoms with Crippen LogP contribution in [0.5, 0.6) is 5.75 Å². The Bertz CT molecular complexity index is 913. The third kappa shape index (κ3) is 3.38. The Labute approximate surface area is 147 Å². The molecule has 6 nitrogen and oxygen atoms in total. The molecule has 2 aromatic heterocycles. The van der Waals surface area contributed by atoms with E-state index in [-0.39, 0.29) is 16.8 Å². The van der Waals surface area contributed by atoms with Gasteiger partial charge in [0.1, 0.15) is 5.75 Å². The van der Waals surface area contributed by atoms with Crippen LogP contribution >= 0.6 is 0 Å². The van der Waals surface area contributed by atoms with Gasteiger partial charge in [0.05, 0.1) is 30.5 Å². The molecule has 2 heterocycles. The Morgan fingerprint density at radius 1 is 1.36 bits per heavy atom. The highest BCUT2D eigenvalue weighted by Gasteiger charge is 2.27. The van der Waals surface area contributed by atoms with Crippen molar-refractivity contribution in [3.8, 4) is 5.75 Å². The molecule has 0 fully saturated rings. The fourth-order valence-electron chi connectivity index (χ4n) is 3.58. The lowest BCUT2D eigenvalue weighted by Crippen LogP contribution is -2.15. The van der Waals surface area contributed by atoms with Gasteiger partial charge in [0.25, 0.3) is 0 Å². The molecular weight excluding hydrogens is 342 g/mol. The molecule has 1 atom stereocenters. The molecule has 0 bridgehead atoms. The van der Waals surface area contributed by atoms with Crippen molar-refractivity contribution in [3.63, 3.8) is 0 Å². The van der Waals surface area contributed by atoms with E-state index in [0.29, 0.717) is 18.8 Å². The van der Waals surface area contributed by atoms with Gasteiger partial charge in [-0.15, -0.1) is 0 Å². The number of aromatic nitrogens is 1. The molecule has 0 saturated carbocycles. The van der Waals surface area contributed by atoms with Gasteiger partial charge in [0.2, 0.25) is 0 Å². The van der Waals surface area contributed by atoms with Crippen molar-refractivity contribution in [1.29, 1.82) is 0 Å². The van der Waals surface area contributed by atoms with Crippen molar-refractivity contribution in [2.24, 2.45) is 0 Å². The van der Waals surface area contributed by atoms with Crippen molar-refractivity contribution >= 4 is 21.3 Å². The molecule has 0 spiro atoms. The Hall–Kier alpha value is -2.02. The molecule has 1 aliphatic carbocycles. The topological polar surface area (TPSA) is 74.1 Å². The highest BCUT2D eigenvalue weighted by Crippen LogP contribution is 2.39. The zero-order valence-electron chi connectivity index (χ0n) is 14.7. The van der Waals surface area contributed by atoms with Gasteiger partial charge >= 0.3 is 5.97 Å². The second-order valence-electron chi connectivity index (χ2n) is 6.42. The number of rotatable bonds is 5. The molecule has 136 valence electrons. The summed E-state index contributed by atoms with van der Waals surface area (Å²) in [4.78, 5) is 12.1. The maximum atomic E-state index is 12.0. The second kappa shape index (κ2) is 6.71.